The number of unbranched alkanes of at least 4 members (excludes halogenated alkanes) is 1. The molecule has 0 aliphatic rings. The SMILES string of the molecule is C#CCCCSCc1ccc(OC)cc1. The van der Waals surface area contributed by atoms with Gasteiger partial charge >= 0.3 is 0 Å². The average Bonchev–Trinajstić information content (AvgIpc) is 2.30. The van der Waals surface area contributed by atoms with E-state index in [0.717, 1.165) is 30.1 Å². The fourth-order valence-electron chi connectivity index (χ4n) is 1.19. The van der Waals surface area contributed by atoms with Crippen molar-refractivity contribution < 1.29 is 4.74 Å². The van der Waals surface area contributed by atoms with Gasteiger partial charge in [-0.1, -0.05) is 12.1 Å². The monoisotopic (exact) mass is 220 g/mol. The Morgan fingerprint density at radius 3 is 2.67 bits per heavy atom. The Labute approximate surface area is 96.2 Å². The number of hydrogen-bond donors (Lipinski definition) is 0. The normalized spacial score (nSPS) is 9.60. The second-order valence-electron chi connectivity index (χ2n) is 3.21. The number of ether oxygens (including phenoxy) is 1. The molecule has 0 saturated heterocycles. The zero-order valence-corrected chi connectivity index (χ0v) is 9.85. The Morgan fingerprint density at radius 2 is 2.07 bits per heavy atom. The lowest BCUT2D eigenvalue weighted by molar-refractivity contribution is 0.414. The summed E-state index contributed by atoms with van der Waals surface area (Å²) in [5, 5.41) is 0. The van der Waals surface area contributed by atoms with E-state index in [0.29, 0.717) is 0 Å². The van der Waals surface area contributed by atoms with Crippen LogP contribution in [0.4, 0.5) is 0 Å². The van der Waals surface area contributed by atoms with Gasteiger partial charge in [-0.05, 0) is 29.9 Å². The summed E-state index contributed by atoms with van der Waals surface area (Å²) in [6.07, 6.45) is 7.17. The van der Waals surface area contributed by atoms with Crippen LogP contribution in [0, 0.1) is 12.3 Å². The zero-order chi connectivity index (χ0) is 10.9. The Kier molecular flexibility index (Phi) is 5.80. The van der Waals surface area contributed by atoms with Gasteiger partial charge < -0.3 is 4.74 Å². The highest BCUT2D eigenvalue weighted by molar-refractivity contribution is 7.98. The molecule has 0 fully saturated rings. The molecular weight excluding hydrogens is 204 g/mol. The van der Waals surface area contributed by atoms with Crippen LogP contribution >= 0.6 is 11.8 Å². The summed E-state index contributed by atoms with van der Waals surface area (Å²) in [6, 6.07) is 8.20. The molecule has 0 atom stereocenters. The summed E-state index contributed by atoms with van der Waals surface area (Å²) in [5.41, 5.74) is 1.33. The van der Waals surface area contributed by atoms with Crippen molar-refractivity contribution in [2.24, 2.45) is 0 Å². The highest BCUT2D eigenvalue weighted by Crippen LogP contribution is 2.17. The van der Waals surface area contributed by atoms with Crippen LogP contribution in [0.25, 0.3) is 0 Å². The van der Waals surface area contributed by atoms with E-state index in [4.69, 9.17) is 11.2 Å². The summed E-state index contributed by atoms with van der Waals surface area (Å²) in [4.78, 5) is 0. The van der Waals surface area contributed by atoms with Gasteiger partial charge in [0.2, 0.25) is 0 Å². The fraction of sp³-hybridized carbons (Fsp3) is 0.385. The van der Waals surface area contributed by atoms with Gasteiger partial charge in [-0.3, -0.25) is 0 Å². The lowest BCUT2D eigenvalue weighted by Crippen LogP contribution is -1.85. The molecule has 0 N–H and O–H groups in total. The molecule has 0 radical (unpaired) electrons. The molecule has 2 heteroatoms. The van der Waals surface area contributed by atoms with Crippen molar-refractivity contribution >= 4 is 11.8 Å². The number of hydrogen-bond acceptors (Lipinski definition) is 2. The van der Waals surface area contributed by atoms with E-state index in [9.17, 15) is 0 Å². The molecular formula is C13H16OS. The van der Waals surface area contributed by atoms with Crippen molar-refractivity contribution in [2.45, 2.75) is 18.6 Å². The molecule has 0 aromatic heterocycles. The van der Waals surface area contributed by atoms with Gasteiger partial charge in [-0.25, -0.2) is 0 Å². The zero-order valence-electron chi connectivity index (χ0n) is 9.03. The highest BCUT2D eigenvalue weighted by atomic mass is 32.2. The minimum absolute atomic E-state index is 0.885. The number of methoxy groups -OCH3 is 1. The van der Waals surface area contributed by atoms with Crippen LogP contribution < -0.4 is 4.74 Å². The quantitative estimate of drug-likeness (QED) is 0.537. The molecule has 1 aromatic carbocycles. The van der Waals surface area contributed by atoms with E-state index < -0.39 is 0 Å². The second kappa shape index (κ2) is 7.25. The summed E-state index contributed by atoms with van der Waals surface area (Å²) in [5.74, 6) is 5.75. The smallest absolute Gasteiger partial charge is 0.118 e. The van der Waals surface area contributed by atoms with Gasteiger partial charge in [-0.15, -0.1) is 12.3 Å². The standard InChI is InChI=1S/C13H16OS/c1-3-4-5-10-15-11-12-6-8-13(14-2)9-7-12/h1,6-9H,4-5,10-11H2,2H3. The molecule has 1 rings (SSSR count). The third-order valence-electron chi connectivity index (χ3n) is 2.04. The average molecular weight is 220 g/mol. The predicted molar refractivity (Wildman–Crippen MR) is 67.2 cm³/mol. The van der Waals surface area contributed by atoms with Crippen molar-refractivity contribution in [3.05, 3.63) is 29.8 Å². The van der Waals surface area contributed by atoms with Gasteiger partial charge in [0.1, 0.15) is 5.75 Å². The number of benzene rings is 1. The van der Waals surface area contributed by atoms with Crippen LogP contribution in [-0.2, 0) is 5.75 Å². The first-order valence-corrected chi connectivity index (χ1v) is 6.16. The molecule has 0 aliphatic heterocycles. The van der Waals surface area contributed by atoms with Crippen molar-refractivity contribution in [1.29, 1.82) is 0 Å². The summed E-state index contributed by atoms with van der Waals surface area (Å²) in [6.45, 7) is 0. The fourth-order valence-corrected chi connectivity index (χ4v) is 2.11. The van der Waals surface area contributed by atoms with Crippen LogP contribution in [0.2, 0.25) is 0 Å². The predicted octanol–water partition coefficient (Wildman–Crippen LogP) is 3.34. The molecule has 0 heterocycles. The van der Waals surface area contributed by atoms with Crippen LogP contribution in [-0.4, -0.2) is 12.9 Å². The van der Waals surface area contributed by atoms with Crippen molar-refractivity contribution in [2.75, 3.05) is 12.9 Å². The Morgan fingerprint density at radius 1 is 1.33 bits per heavy atom. The van der Waals surface area contributed by atoms with E-state index in [1.54, 1.807) is 7.11 Å². The van der Waals surface area contributed by atoms with E-state index in [-0.39, 0.29) is 0 Å². The molecule has 0 amide bonds. The Balaban J connectivity index is 2.23. The molecule has 1 aromatic rings. The van der Waals surface area contributed by atoms with Gasteiger partial charge in [0, 0.05) is 12.2 Å². The third kappa shape index (κ3) is 4.80. The first-order chi connectivity index (χ1) is 7.36. The van der Waals surface area contributed by atoms with Gasteiger partial charge in [-0.2, -0.15) is 11.8 Å². The first-order valence-electron chi connectivity index (χ1n) is 5.01. The highest BCUT2D eigenvalue weighted by Gasteiger charge is 1.94. The largest absolute Gasteiger partial charge is 0.497 e. The Hall–Kier alpha value is -1.07. The van der Waals surface area contributed by atoms with Crippen LogP contribution in [0.5, 0.6) is 5.75 Å². The lowest BCUT2D eigenvalue weighted by Gasteiger charge is -2.02. The van der Waals surface area contributed by atoms with E-state index >= 15 is 0 Å². The lowest BCUT2D eigenvalue weighted by atomic mass is 10.2. The van der Waals surface area contributed by atoms with Crippen LogP contribution in [0.3, 0.4) is 0 Å². The minimum Gasteiger partial charge on any atom is -0.497 e. The Bertz CT molecular complexity index is 310. The maximum Gasteiger partial charge on any atom is 0.118 e. The maximum atomic E-state index is 5.18. The number of terminal acetylenes is 1. The molecule has 1 nitrogen and oxygen atoms in total. The molecule has 0 unspecified atom stereocenters. The van der Waals surface area contributed by atoms with E-state index in [1.165, 1.54) is 5.56 Å². The summed E-state index contributed by atoms with van der Waals surface area (Å²) < 4.78 is 5.10. The van der Waals surface area contributed by atoms with Gasteiger partial charge in [0.25, 0.3) is 0 Å². The summed E-state index contributed by atoms with van der Waals surface area (Å²) >= 11 is 1.92. The van der Waals surface area contributed by atoms with Crippen molar-refractivity contribution in [3.63, 3.8) is 0 Å². The summed E-state index contributed by atoms with van der Waals surface area (Å²) in [7, 11) is 1.68. The molecule has 0 spiro atoms. The molecule has 0 saturated carbocycles. The molecule has 0 aliphatic carbocycles. The van der Waals surface area contributed by atoms with Crippen LogP contribution in [0.1, 0.15) is 18.4 Å². The first kappa shape index (κ1) is 12.0. The topological polar surface area (TPSA) is 9.23 Å². The van der Waals surface area contributed by atoms with Gasteiger partial charge in [0.15, 0.2) is 0 Å². The molecule has 0 bridgehead atoms. The number of thioether (sulfide) groups is 1. The molecule has 80 valence electrons. The van der Waals surface area contributed by atoms with E-state index in [1.807, 2.05) is 23.9 Å². The van der Waals surface area contributed by atoms with Gasteiger partial charge in [0.05, 0.1) is 7.11 Å². The molecule has 15 heavy (non-hydrogen) atoms. The third-order valence-corrected chi connectivity index (χ3v) is 3.15. The van der Waals surface area contributed by atoms with Crippen LogP contribution in [0.15, 0.2) is 24.3 Å². The number of rotatable bonds is 6. The van der Waals surface area contributed by atoms with Crippen molar-refractivity contribution in [3.8, 4) is 18.1 Å². The van der Waals surface area contributed by atoms with E-state index in [2.05, 4.69) is 18.1 Å². The van der Waals surface area contributed by atoms with Crippen molar-refractivity contribution in [1.82, 2.24) is 0 Å². The second-order valence-corrected chi connectivity index (χ2v) is 4.31. The minimum atomic E-state index is 0.885. The maximum absolute atomic E-state index is 5.18.